The first-order chi connectivity index (χ1) is 8.60. The highest BCUT2D eigenvalue weighted by atomic mass is 79.9. The summed E-state index contributed by atoms with van der Waals surface area (Å²) in [4.78, 5) is 8.61. The van der Waals surface area contributed by atoms with E-state index in [1.807, 2.05) is 0 Å². The number of nitrogens with zero attached hydrogens (tertiary/aromatic N) is 2. The zero-order chi connectivity index (χ0) is 13.1. The van der Waals surface area contributed by atoms with Crippen molar-refractivity contribution in [2.24, 2.45) is 0 Å². The van der Waals surface area contributed by atoms with E-state index in [1.54, 1.807) is 18.2 Å². The van der Waals surface area contributed by atoms with Gasteiger partial charge in [0.05, 0.1) is 4.47 Å². The van der Waals surface area contributed by atoms with Gasteiger partial charge in [-0.25, -0.2) is 14.4 Å². The molecule has 1 aromatic carbocycles. The van der Waals surface area contributed by atoms with Gasteiger partial charge in [0.25, 0.3) is 0 Å². The van der Waals surface area contributed by atoms with E-state index < -0.39 is 0 Å². The Morgan fingerprint density at radius 3 is 2.72 bits per heavy atom. The van der Waals surface area contributed by atoms with E-state index in [4.69, 9.17) is 5.73 Å². The number of rotatable bonds is 3. The number of hydrogen-bond donors (Lipinski definition) is 1. The third-order valence-electron chi connectivity index (χ3n) is 2.48. The van der Waals surface area contributed by atoms with E-state index in [0.29, 0.717) is 16.1 Å². The van der Waals surface area contributed by atoms with Gasteiger partial charge in [-0.2, -0.15) is 0 Å². The van der Waals surface area contributed by atoms with Crippen LogP contribution >= 0.6 is 15.9 Å². The Balaban J connectivity index is 2.46. The molecule has 0 fully saturated rings. The normalized spacial score (nSPS) is 10.6. The van der Waals surface area contributed by atoms with Gasteiger partial charge in [-0.1, -0.05) is 13.3 Å². The van der Waals surface area contributed by atoms with Gasteiger partial charge in [0.2, 0.25) is 0 Å². The first kappa shape index (κ1) is 13.0. The Bertz CT molecular complexity index is 572. The van der Waals surface area contributed by atoms with Crippen molar-refractivity contribution >= 4 is 21.7 Å². The Morgan fingerprint density at radius 1 is 1.28 bits per heavy atom. The van der Waals surface area contributed by atoms with Gasteiger partial charge in [0.1, 0.15) is 11.6 Å². The van der Waals surface area contributed by atoms with E-state index in [9.17, 15) is 4.39 Å². The molecule has 0 amide bonds. The smallest absolute Gasteiger partial charge is 0.161 e. The topological polar surface area (TPSA) is 51.8 Å². The number of anilines is 1. The molecule has 5 heteroatoms. The third-order valence-corrected chi connectivity index (χ3v) is 3.09. The van der Waals surface area contributed by atoms with Crippen LogP contribution in [-0.4, -0.2) is 9.97 Å². The van der Waals surface area contributed by atoms with Crippen molar-refractivity contribution in [3.63, 3.8) is 0 Å². The second-order valence-corrected chi connectivity index (χ2v) is 4.84. The summed E-state index contributed by atoms with van der Waals surface area (Å²) in [6, 6.07) is 6.45. The van der Waals surface area contributed by atoms with Crippen LogP contribution in [0.15, 0.2) is 28.7 Å². The van der Waals surface area contributed by atoms with Gasteiger partial charge in [-0.05, 0) is 40.5 Å². The minimum Gasteiger partial charge on any atom is -0.384 e. The number of aromatic nitrogens is 2. The molecule has 1 aromatic heterocycles. The lowest BCUT2D eigenvalue weighted by Gasteiger charge is -2.06. The van der Waals surface area contributed by atoms with Crippen LogP contribution in [0, 0.1) is 5.82 Å². The van der Waals surface area contributed by atoms with Gasteiger partial charge in [-0.15, -0.1) is 0 Å². The molecule has 0 saturated carbocycles. The molecule has 0 atom stereocenters. The lowest BCUT2D eigenvalue weighted by molar-refractivity contribution is 0.621. The van der Waals surface area contributed by atoms with E-state index in [-0.39, 0.29) is 5.82 Å². The Morgan fingerprint density at radius 2 is 2.06 bits per heavy atom. The van der Waals surface area contributed by atoms with Crippen molar-refractivity contribution in [1.29, 1.82) is 0 Å². The maximum Gasteiger partial charge on any atom is 0.161 e. The van der Waals surface area contributed by atoms with Gasteiger partial charge in [0, 0.05) is 17.3 Å². The molecular formula is C13H13BrFN3. The second-order valence-electron chi connectivity index (χ2n) is 3.99. The summed E-state index contributed by atoms with van der Waals surface area (Å²) in [6.07, 6.45) is 1.84. The Labute approximate surface area is 113 Å². The third kappa shape index (κ3) is 2.85. The van der Waals surface area contributed by atoms with Crippen LogP contribution < -0.4 is 5.73 Å². The minimum absolute atomic E-state index is 0.309. The molecular weight excluding hydrogens is 297 g/mol. The van der Waals surface area contributed by atoms with E-state index >= 15 is 0 Å². The van der Waals surface area contributed by atoms with E-state index in [1.165, 1.54) is 6.07 Å². The van der Waals surface area contributed by atoms with Crippen LogP contribution in [0.2, 0.25) is 0 Å². The SMILES string of the molecule is CCCc1cc(N)nc(-c2ccc(F)c(Br)c2)n1. The molecule has 0 bridgehead atoms. The highest BCUT2D eigenvalue weighted by Crippen LogP contribution is 2.23. The summed E-state index contributed by atoms with van der Waals surface area (Å²) in [7, 11) is 0. The largest absolute Gasteiger partial charge is 0.384 e. The van der Waals surface area contributed by atoms with E-state index in [2.05, 4.69) is 32.8 Å². The van der Waals surface area contributed by atoms with Crippen molar-refractivity contribution < 1.29 is 4.39 Å². The Kier molecular flexibility index (Phi) is 3.91. The second kappa shape index (κ2) is 5.44. The number of hydrogen-bond acceptors (Lipinski definition) is 3. The predicted octanol–water partition coefficient (Wildman–Crippen LogP) is 3.58. The average molecular weight is 310 g/mol. The van der Waals surface area contributed by atoms with Crippen molar-refractivity contribution in [1.82, 2.24) is 9.97 Å². The molecule has 2 rings (SSSR count). The zero-order valence-corrected chi connectivity index (χ0v) is 11.5. The first-order valence-corrected chi connectivity index (χ1v) is 6.48. The number of halogens is 2. The molecule has 2 N–H and O–H groups in total. The van der Waals surface area contributed by atoms with Crippen LogP contribution in [0.5, 0.6) is 0 Å². The number of aryl methyl sites for hydroxylation is 1. The van der Waals surface area contributed by atoms with Crippen molar-refractivity contribution in [2.45, 2.75) is 19.8 Å². The van der Waals surface area contributed by atoms with Gasteiger partial charge in [0.15, 0.2) is 5.82 Å². The molecule has 2 aromatic rings. The maximum absolute atomic E-state index is 13.2. The van der Waals surface area contributed by atoms with Crippen LogP contribution in [0.3, 0.4) is 0 Å². The molecule has 0 radical (unpaired) electrons. The van der Waals surface area contributed by atoms with Gasteiger partial charge in [-0.3, -0.25) is 0 Å². The predicted molar refractivity (Wildman–Crippen MR) is 73.5 cm³/mol. The molecule has 0 saturated heterocycles. The zero-order valence-electron chi connectivity index (χ0n) is 9.95. The molecule has 94 valence electrons. The Hall–Kier alpha value is -1.49. The average Bonchev–Trinajstić information content (AvgIpc) is 2.32. The van der Waals surface area contributed by atoms with Crippen molar-refractivity contribution in [3.8, 4) is 11.4 Å². The van der Waals surface area contributed by atoms with E-state index in [0.717, 1.165) is 24.1 Å². The molecule has 18 heavy (non-hydrogen) atoms. The van der Waals surface area contributed by atoms with Crippen LogP contribution in [-0.2, 0) is 6.42 Å². The fourth-order valence-corrected chi connectivity index (χ4v) is 2.05. The van der Waals surface area contributed by atoms with Crippen LogP contribution in [0.1, 0.15) is 19.0 Å². The van der Waals surface area contributed by atoms with Crippen molar-refractivity contribution in [3.05, 3.63) is 40.2 Å². The molecule has 3 nitrogen and oxygen atoms in total. The molecule has 0 unspecified atom stereocenters. The van der Waals surface area contributed by atoms with Crippen LogP contribution in [0.25, 0.3) is 11.4 Å². The maximum atomic E-state index is 13.2. The summed E-state index contributed by atoms with van der Waals surface area (Å²) in [6.45, 7) is 2.08. The van der Waals surface area contributed by atoms with Gasteiger partial charge < -0.3 is 5.73 Å². The van der Waals surface area contributed by atoms with Crippen molar-refractivity contribution in [2.75, 3.05) is 5.73 Å². The fourth-order valence-electron chi connectivity index (χ4n) is 1.67. The quantitative estimate of drug-likeness (QED) is 0.942. The first-order valence-electron chi connectivity index (χ1n) is 5.69. The minimum atomic E-state index is -0.309. The summed E-state index contributed by atoms with van der Waals surface area (Å²) in [5.74, 6) is 0.652. The lowest BCUT2D eigenvalue weighted by atomic mass is 10.2. The molecule has 0 spiro atoms. The molecule has 0 aliphatic rings. The fraction of sp³-hybridized carbons (Fsp3) is 0.231. The monoisotopic (exact) mass is 309 g/mol. The standard InChI is InChI=1S/C13H13BrFN3/c1-2-3-9-7-12(16)18-13(17-9)8-4-5-11(15)10(14)6-8/h4-7H,2-3H2,1H3,(H2,16,17,18). The molecule has 1 heterocycles. The summed E-state index contributed by atoms with van der Waals surface area (Å²) >= 11 is 3.15. The van der Waals surface area contributed by atoms with Gasteiger partial charge >= 0.3 is 0 Å². The summed E-state index contributed by atoms with van der Waals surface area (Å²) in [5.41, 5.74) is 7.40. The number of benzene rings is 1. The van der Waals surface area contributed by atoms with Crippen LogP contribution in [0.4, 0.5) is 10.2 Å². The molecule has 0 aliphatic carbocycles. The highest BCUT2D eigenvalue weighted by molar-refractivity contribution is 9.10. The molecule has 0 aliphatic heterocycles. The number of nitrogens with two attached hydrogens (primary N) is 1. The lowest BCUT2D eigenvalue weighted by Crippen LogP contribution is -2.00. The summed E-state index contributed by atoms with van der Waals surface area (Å²) in [5, 5.41) is 0. The number of nitrogen functional groups attached to an aromatic ring is 1. The highest BCUT2D eigenvalue weighted by Gasteiger charge is 2.07. The summed E-state index contributed by atoms with van der Waals surface area (Å²) < 4.78 is 13.6.